The molecule has 138 valence electrons. The summed E-state index contributed by atoms with van der Waals surface area (Å²) in [6, 6.07) is 12.7. The highest BCUT2D eigenvalue weighted by Gasteiger charge is 2.16. The van der Waals surface area contributed by atoms with Gasteiger partial charge in [-0.2, -0.15) is 0 Å². The summed E-state index contributed by atoms with van der Waals surface area (Å²) in [4.78, 5) is 36.0. The highest BCUT2D eigenvalue weighted by Crippen LogP contribution is 2.22. The van der Waals surface area contributed by atoms with E-state index in [4.69, 9.17) is 13.9 Å². The van der Waals surface area contributed by atoms with Crippen LogP contribution in [0.2, 0.25) is 0 Å². The molecule has 1 aromatic heterocycles. The van der Waals surface area contributed by atoms with Gasteiger partial charge in [0.2, 0.25) is 5.76 Å². The van der Waals surface area contributed by atoms with Crippen molar-refractivity contribution in [2.24, 2.45) is 0 Å². The van der Waals surface area contributed by atoms with Gasteiger partial charge in [-0.3, -0.25) is 9.59 Å². The number of fused-ring (bicyclic) bond motifs is 1. The average molecular weight is 366 g/mol. The second-order valence-corrected chi connectivity index (χ2v) is 5.86. The van der Waals surface area contributed by atoms with Gasteiger partial charge in [0.05, 0.1) is 12.0 Å². The van der Waals surface area contributed by atoms with E-state index < -0.39 is 5.97 Å². The van der Waals surface area contributed by atoms with E-state index >= 15 is 0 Å². The molecule has 0 N–H and O–H groups in total. The Morgan fingerprint density at radius 3 is 2.59 bits per heavy atom. The molecule has 2 aromatic carbocycles. The zero-order valence-electron chi connectivity index (χ0n) is 15.0. The van der Waals surface area contributed by atoms with Crippen molar-refractivity contribution in [1.82, 2.24) is 0 Å². The minimum atomic E-state index is -0.770. The molecule has 0 amide bonds. The molecule has 6 nitrogen and oxygen atoms in total. The molecule has 0 bridgehead atoms. The fourth-order valence-electron chi connectivity index (χ4n) is 2.63. The predicted molar refractivity (Wildman–Crippen MR) is 99.2 cm³/mol. The Morgan fingerprint density at radius 2 is 1.85 bits per heavy atom. The van der Waals surface area contributed by atoms with Crippen LogP contribution in [0.4, 0.5) is 0 Å². The largest absolute Gasteiger partial charge is 0.493 e. The molecule has 0 aliphatic carbocycles. The van der Waals surface area contributed by atoms with Gasteiger partial charge in [-0.25, -0.2) is 4.79 Å². The molecule has 0 fully saturated rings. The van der Waals surface area contributed by atoms with Gasteiger partial charge in [-0.1, -0.05) is 12.1 Å². The lowest BCUT2D eigenvalue weighted by molar-refractivity contribution is 0.0433. The lowest BCUT2D eigenvalue weighted by Gasteiger charge is -2.12. The van der Waals surface area contributed by atoms with E-state index in [1.807, 2.05) is 6.92 Å². The van der Waals surface area contributed by atoms with Gasteiger partial charge < -0.3 is 13.9 Å². The first kappa shape index (κ1) is 18.4. The first-order chi connectivity index (χ1) is 13.0. The van der Waals surface area contributed by atoms with Crippen molar-refractivity contribution in [2.45, 2.75) is 20.5 Å². The maximum absolute atomic E-state index is 12.3. The molecule has 0 atom stereocenters. The van der Waals surface area contributed by atoms with E-state index in [9.17, 15) is 14.4 Å². The number of benzene rings is 2. The molecule has 3 aromatic rings. The average Bonchev–Trinajstić information content (AvgIpc) is 2.67. The Hall–Kier alpha value is -3.41. The third-order valence-electron chi connectivity index (χ3n) is 3.96. The second-order valence-electron chi connectivity index (χ2n) is 5.86. The summed E-state index contributed by atoms with van der Waals surface area (Å²) in [5.74, 6) is -0.533. The van der Waals surface area contributed by atoms with Crippen molar-refractivity contribution >= 4 is 22.7 Å². The number of rotatable bonds is 6. The molecule has 1 heterocycles. The number of carbonyl (C=O) groups is 2. The van der Waals surface area contributed by atoms with Crippen LogP contribution in [0.3, 0.4) is 0 Å². The standard InChI is InChI=1S/C21H18O6/c1-3-25-18-9-8-14(13(2)22)10-15(18)12-26-21(24)20-11-17(23)16-6-4-5-7-19(16)27-20/h4-11H,3,12H2,1-2H3. The van der Waals surface area contributed by atoms with E-state index in [-0.39, 0.29) is 23.6 Å². The van der Waals surface area contributed by atoms with Gasteiger partial charge in [-0.05, 0) is 44.2 Å². The molecule has 6 heteroatoms. The molecule has 0 radical (unpaired) electrons. The third kappa shape index (κ3) is 4.06. The zero-order valence-corrected chi connectivity index (χ0v) is 15.0. The van der Waals surface area contributed by atoms with E-state index in [2.05, 4.69) is 0 Å². The van der Waals surface area contributed by atoms with Crippen LogP contribution >= 0.6 is 0 Å². The SMILES string of the molecule is CCOc1ccc(C(C)=O)cc1COC(=O)c1cc(=O)c2ccccc2o1. The Bertz CT molecular complexity index is 1060. The van der Waals surface area contributed by atoms with Crippen LogP contribution in [0.25, 0.3) is 11.0 Å². The first-order valence-corrected chi connectivity index (χ1v) is 8.46. The van der Waals surface area contributed by atoms with Gasteiger partial charge in [0, 0.05) is 17.2 Å². The summed E-state index contributed by atoms with van der Waals surface area (Å²) in [5, 5.41) is 0.391. The van der Waals surface area contributed by atoms with Crippen LogP contribution in [0.15, 0.2) is 57.7 Å². The Morgan fingerprint density at radius 1 is 1.07 bits per heavy atom. The first-order valence-electron chi connectivity index (χ1n) is 8.46. The monoisotopic (exact) mass is 366 g/mol. The van der Waals surface area contributed by atoms with Crippen LogP contribution in [0, 0.1) is 0 Å². The molecule has 0 aliphatic heterocycles. The number of esters is 1. The lowest BCUT2D eigenvalue weighted by atomic mass is 10.1. The van der Waals surface area contributed by atoms with E-state index in [0.717, 1.165) is 6.07 Å². The number of hydrogen-bond acceptors (Lipinski definition) is 6. The fraction of sp³-hybridized carbons (Fsp3) is 0.190. The van der Waals surface area contributed by atoms with Crippen molar-refractivity contribution in [1.29, 1.82) is 0 Å². The summed E-state index contributed by atoms with van der Waals surface area (Å²) >= 11 is 0. The van der Waals surface area contributed by atoms with Crippen molar-refractivity contribution in [2.75, 3.05) is 6.61 Å². The van der Waals surface area contributed by atoms with Gasteiger partial charge >= 0.3 is 5.97 Å². The maximum atomic E-state index is 12.3. The molecular formula is C21H18O6. The Balaban J connectivity index is 1.84. The molecule has 0 unspecified atom stereocenters. The van der Waals surface area contributed by atoms with E-state index in [1.54, 1.807) is 42.5 Å². The van der Waals surface area contributed by atoms with Gasteiger partial charge in [0.1, 0.15) is 17.9 Å². The zero-order chi connectivity index (χ0) is 19.4. The molecule has 27 heavy (non-hydrogen) atoms. The third-order valence-corrected chi connectivity index (χ3v) is 3.96. The number of ether oxygens (including phenoxy) is 2. The van der Waals surface area contributed by atoms with E-state index in [1.165, 1.54) is 6.92 Å². The number of Topliss-reactive ketones (excluding diaryl/α,β-unsaturated/α-hetero) is 1. The predicted octanol–water partition coefficient (Wildman–Crippen LogP) is 3.75. The smallest absolute Gasteiger partial charge is 0.374 e. The molecule has 0 aliphatic rings. The fourth-order valence-corrected chi connectivity index (χ4v) is 2.63. The van der Waals surface area contributed by atoms with Gasteiger partial charge in [-0.15, -0.1) is 0 Å². The summed E-state index contributed by atoms with van der Waals surface area (Å²) in [7, 11) is 0. The number of ketones is 1. The summed E-state index contributed by atoms with van der Waals surface area (Å²) in [5.41, 5.74) is 1.03. The van der Waals surface area contributed by atoms with Crippen LogP contribution in [-0.4, -0.2) is 18.4 Å². The number of carbonyl (C=O) groups excluding carboxylic acids is 2. The summed E-state index contributed by atoms with van der Waals surface area (Å²) in [6.45, 7) is 3.60. The van der Waals surface area contributed by atoms with Crippen LogP contribution in [-0.2, 0) is 11.3 Å². The highest BCUT2D eigenvalue weighted by molar-refractivity contribution is 5.94. The summed E-state index contributed by atoms with van der Waals surface area (Å²) in [6.07, 6.45) is 0. The van der Waals surface area contributed by atoms with Crippen molar-refractivity contribution in [3.8, 4) is 5.75 Å². The molecule has 0 saturated heterocycles. The van der Waals surface area contributed by atoms with E-state index in [0.29, 0.717) is 34.5 Å². The van der Waals surface area contributed by atoms with Crippen molar-refractivity contribution in [3.05, 3.63) is 75.6 Å². The van der Waals surface area contributed by atoms with Crippen LogP contribution in [0.1, 0.15) is 40.3 Å². The number of hydrogen-bond donors (Lipinski definition) is 0. The molecule has 0 saturated carbocycles. The van der Waals surface area contributed by atoms with Crippen LogP contribution in [0.5, 0.6) is 5.75 Å². The normalized spacial score (nSPS) is 10.6. The lowest BCUT2D eigenvalue weighted by Crippen LogP contribution is -2.11. The Kier molecular flexibility index (Phi) is 5.35. The maximum Gasteiger partial charge on any atom is 0.374 e. The summed E-state index contributed by atoms with van der Waals surface area (Å²) < 4.78 is 16.3. The quantitative estimate of drug-likeness (QED) is 0.488. The Labute approximate surface area is 155 Å². The van der Waals surface area contributed by atoms with Crippen molar-refractivity contribution in [3.63, 3.8) is 0 Å². The highest BCUT2D eigenvalue weighted by atomic mass is 16.5. The minimum Gasteiger partial charge on any atom is -0.493 e. The number of para-hydroxylation sites is 1. The molecule has 3 rings (SSSR count). The topological polar surface area (TPSA) is 82.8 Å². The minimum absolute atomic E-state index is 0.105. The van der Waals surface area contributed by atoms with Crippen molar-refractivity contribution < 1.29 is 23.5 Å². The molecule has 0 spiro atoms. The second kappa shape index (κ2) is 7.86. The molecular weight excluding hydrogens is 348 g/mol. The van der Waals surface area contributed by atoms with Gasteiger partial charge in [0.15, 0.2) is 11.2 Å². The van der Waals surface area contributed by atoms with Crippen LogP contribution < -0.4 is 10.2 Å². The van der Waals surface area contributed by atoms with Gasteiger partial charge in [0.25, 0.3) is 0 Å².